The maximum absolute atomic E-state index is 12.3. The normalized spacial score (nSPS) is 21.8. The van der Waals surface area contributed by atoms with Crippen molar-refractivity contribution in [2.45, 2.75) is 56.2 Å². The van der Waals surface area contributed by atoms with Crippen molar-refractivity contribution in [3.8, 4) is 5.75 Å². The second-order valence-electron chi connectivity index (χ2n) is 8.95. The van der Waals surface area contributed by atoms with Crippen molar-refractivity contribution in [3.63, 3.8) is 0 Å². The number of nitrogens with one attached hydrogen (secondary N) is 1. The van der Waals surface area contributed by atoms with Gasteiger partial charge in [-0.15, -0.1) is 0 Å². The lowest BCUT2D eigenvalue weighted by molar-refractivity contribution is 0.321. The van der Waals surface area contributed by atoms with Crippen LogP contribution in [0.1, 0.15) is 48.8 Å². The molecule has 1 saturated carbocycles. The van der Waals surface area contributed by atoms with Gasteiger partial charge in [0, 0.05) is 18.5 Å². The van der Waals surface area contributed by atoms with Gasteiger partial charge in [-0.1, -0.05) is 35.3 Å². The molecular weight excluding hydrogens is 467 g/mol. The highest BCUT2D eigenvalue weighted by atomic mass is 35.5. The van der Waals surface area contributed by atoms with Crippen molar-refractivity contribution in [3.05, 3.63) is 63.1 Å². The van der Waals surface area contributed by atoms with Gasteiger partial charge in [0.05, 0.1) is 15.3 Å². The molecule has 8 heteroatoms. The summed E-state index contributed by atoms with van der Waals surface area (Å²) in [4.78, 5) is 0. The van der Waals surface area contributed by atoms with Crippen molar-refractivity contribution >= 4 is 33.2 Å². The highest BCUT2D eigenvalue weighted by Crippen LogP contribution is 2.37. The highest BCUT2D eigenvalue weighted by Gasteiger charge is 2.36. The van der Waals surface area contributed by atoms with E-state index in [-0.39, 0.29) is 30.4 Å². The Bertz CT molecular complexity index is 1070. The molecular formula is C24H30Cl2N2O3S. The number of sulfonamides is 1. The summed E-state index contributed by atoms with van der Waals surface area (Å²) < 4.78 is 33.2. The van der Waals surface area contributed by atoms with Crippen LogP contribution in [0.5, 0.6) is 5.75 Å². The zero-order valence-corrected chi connectivity index (χ0v) is 20.5. The Morgan fingerprint density at radius 3 is 2.62 bits per heavy atom. The Balaban J connectivity index is 1.41. The first kappa shape index (κ1) is 23.8. The third-order valence-electron chi connectivity index (χ3n) is 6.67. The number of aryl methyl sites for hydroxylation is 1. The molecule has 1 fully saturated rings. The Labute approximate surface area is 200 Å². The Kier molecular flexibility index (Phi) is 7.37. The van der Waals surface area contributed by atoms with Crippen molar-refractivity contribution < 1.29 is 13.2 Å². The average molecular weight is 497 g/mol. The standard InChI is InChI=1S/C24H30Cl2N2O3S/c1-15(17-3-4-17)32(29,30)28-10-11-31-19-7-5-18-6-9-24(27)21(20(18)14-19)12-16-2-8-22(25)23(26)13-16/h2,5,7-8,13-15,17,21,24,28H,3-4,6,9-12,27H2,1H3. The van der Waals surface area contributed by atoms with Gasteiger partial charge in [-0.25, -0.2) is 13.1 Å². The molecule has 0 saturated heterocycles. The topological polar surface area (TPSA) is 81.4 Å². The van der Waals surface area contributed by atoms with Gasteiger partial charge in [0.15, 0.2) is 0 Å². The molecule has 0 heterocycles. The average Bonchev–Trinajstić information content (AvgIpc) is 3.60. The molecule has 2 aliphatic rings. The van der Waals surface area contributed by atoms with E-state index < -0.39 is 10.0 Å². The second kappa shape index (κ2) is 9.90. The van der Waals surface area contributed by atoms with Crippen LogP contribution in [-0.2, 0) is 22.9 Å². The van der Waals surface area contributed by atoms with Gasteiger partial charge in [0.1, 0.15) is 12.4 Å². The number of nitrogens with two attached hydrogens (primary N) is 1. The maximum Gasteiger partial charge on any atom is 0.214 e. The number of hydrogen-bond donors (Lipinski definition) is 2. The summed E-state index contributed by atoms with van der Waals surface area (Å²) in [5.74, 6) is 1.18. The minimum absolute atomic E-state index is 0.0444. The van der Waals surface area contributed by atoms with Gasteiger partial charge in [-0.2, -0.15) is 0 Å². The summed E-state index contributed by atoms with van der Waals surface area (Å²) in [5, 5.41) is 0.751. The van der Waals surface area contributed by atoms with E-state index in [0.29, 0.717) is 16.0 Å². The van der Waals surface area contributed by atoms with E-state index in [1.54, 1.807) is 6.92 Å². The van der Waals surface area contributed by atoms with E-state index in [1.165, 1.54) is 11.1 Å². The Morgan fingerprint density at radius 1 is 1.12 bits per heavy atom. The molecule has 0 spiro atoms. The lowest BCUT2D eigenvalue weighted by atomic mass is 9.76. The van der Waals surface area contributed by atoms with Crippen molar-refractivity contribution in [1.29, 1.82) is 0 Å². The second-order valence-corrected chi connectivity index (χ2v) is 11.9. The molecule has 32 heavy (non-hydrogen) atoms. The molecule has 2 aromatic carbocycles. The van der Waals surface area contributed by atoms with E-state index in [9.17, 15) is 8.42 Å². The summed E-state index contributed by atoms with van der Waals surface area (Å²) in [7, 11) is -3.29. The minimum atomic E-state index is -3.29. The van der Waals surface area contributed by atoms with Gasteiger partial charge in [-0.3, -0.25) is 0 Å². The first-order valence-corrected chi connectivity index (χ1v) is 13.5. The molecule has 2 aliphatic carbocycles. The van der Waals surface area contributed by atoms with Gasteiger partial charge < -0.3 is 10.5 Å². The quantitative estimate of drug-likeness (QED) is 0.493. The maximum atomic E-state index is 12.3. The first-order valence-electron chi connectivity index (χ1n) is 11.2. The van der Waals surface area contributed by atoms with Crippen LogP contribution in [-0.4, -0.2) is 32.9 Å². The zero-order valence-electron chi connectivity index (χ0n) is 18.2. The van der Waals surface area contributed by atoms with Crippen LogP contribution in [0.3, 0.4) is 0 Å². The summed E-state index contributed by atoms with van der Waals surface area (Å²) in [5.41, 5.74) is 10.1. The molecule has 2 aromatic rings. The summed E-state index contributed by atoms with van der Waals surface area (Å²) in [6, 6.07) is 11.9. The highest BCUT2D eigenvalue weighted by molar-refractivity contribution is 7.90. The molecule has 4 rings (SSSR count). The zero-order chi connectivity index (χ0) is 22.9. The van der Waals surface area contributed by atoms with Crippen molar-refractivity contribution in [2.24, 2.45) is 11.7 Å². The van der Waals surface area contributed by atoms with E-state index in [1.807, 2.05) is 24.3 Å². The minimum Gasteiger partial charge on any atom is -0.492 e. The number of fused-ring (bicyclic) bond motifs is 1. The van der Waals surface area contributed by atoms with E-state index in [4.69, 9.17) is 33.7 Å². The van der Waals surface area contributed by atoms with Gasteiger partial charge in [-0.05, 0) is 85.9 Å². The molecule has 0 aromatic heterocycles. The summed E-state index contributed by atoms with van der Waals surface area (Å²) >= 11 is 12.3. The fraction of sp³-hybridized carbons (Fsp3) is 0.500. The number of hydrogen-bond acceptors (Lipinski definition) is 4. The predicted octanol–water partition coefficient (Wildman–Crippen LogP) is 4.69. The van der Waals surface area contributed by atoms with Crippen LogP contribution in [0.25, 0.3) is 0 Å². The number of rotatable bonds is 9. The third kappa shape index (κ3) is 5.60. The van der Waals surface area contributed by atoms with E-state index >= 15 is 0 Å². The fourth-order valence-corrected chi connectivity index (χ4v) is 6.21. The van der Waals surface area contributed by atoms with Crippen LogP contribution in [0.4, 0.5) is 0 Å². The first-order chi connectivity index (χ1) is 15.2. The number of ether oxygens (including phenoxy) is 1. The summed E-state index contributed by atoms with van der Waals surface area (Å²) in [6.07, 6.45) is 4.64. The number of halogens is 2. The van der Waals surface area contributed by atoms with Crippen LogP contribution in [0.15, 0.2) is 36.4 Å². The molecule has 5 nitrogen and oxygen atoms in total. The molecule has 3 N–H and O–H groups in total. The largest absolute Gasteiger partial charge is 0.492 e. The predicted molar refractivity (Wildman–Crippen MR) is 130 cm³/mol. The molecule has 0 aliphatic heterocycles. The Hall–Kier alpha value is -1.31. The van der Waals surface area contributed by atoms with Crippen molar-refractivity contribution in [1.82, 2.24) is 4.72 Å². The Morgan fingerprint density at radius 2 is 1.91 bits per heavy atom. The molecule has 3 unspecified atom stereocenters. The molecule has 3 atom stereocenters. The monoisotopic (exact) mass is 496 g/mol. The fourth-order valence-electron chi connectivity index (χ4n) is 4.47. The van der Waals surface area contributed by atoms with Crippen molar-refractivity contribution in [2.75, 3.05) is 13.2 Å². The van der Waals surface area contributed by atoms with Crippen LogP contribution >= 0.6 is 23.2 Å². The van der Waals surface area contributed by atoms with Crippen LogP contribution < -0.4 is 15.2 Å². The SMILES string of the molecule is CC(C1CC1)S(=O)(=O)NCCOc1ccc2c(c1)C(Cc1ccc(Cl)c(Cl)c1)C(N)CC2. The van der Waals surface area contributed by atoms with E-state index in [2.05, 4.69) is 16.9 Å². The number of benzene rings is 2. The molecule has 0 amide bonds. The smallest absolute Gasteiger partial charge is 0.214 e. The van der Waals surface area contributed by atoms with E-state index in [0.717, 1.165) is 43.4 Å². The molecule has 0 bridgehead atoms. The third-order valence-corrected chi connectivity index (χ3v) is 9.38. The lowest BCUT2D eigenvalue weighted by Crippen LogP contribution is -2.36. The van der Waals surface area contributed by atoms with Gasteiger partial charge in [0.25, 0.3) is 0 Å². The lowest BCUT2D eigenvalue weighted by Gasteiger charge is -2.32. The van der Waals surface area contributed by atoms with Crippen LogP contribution in [0.2, 0.25) is 10.0 Å². The molecule has 174 valence electrons. The summed E-state index contributed by atoms with van der Waals surface area (Å²) in [6.45, 7) is 2.31. The molecule has 0 radical (unpaired) electrons. The van der Waals surface area contributed by atoms with Crippen LogP contribution in [0, 0.1) is 5.92 Å². The van der Waals surface area contributed by atoms with Gasteiger partial charge >= 0.3 is 0 Å². The van der Waals surface area contributed by atoms with Gasteiger partial charge in [0.2, 0.25) is 10.0 Å².